The van der Waals surface area contributed by atoms with Gasteiger partial charge in [-0.05, 0) is 29.7 Å². The molecule has 4 nitrogen and oxygen atoms in total. The van der Waals surface area contributed by atoms with Gasteiger partial charge in [-0.2, -0.15) is 0 Å². The first-order valence-electron chi connectivity index (χ1n) is 6.25. The van der Waals surface area contributed by atoms with Crippen molar-refractivity contribution < 1.29 is 9.90 Å². The Kier molecular flexibility index (Phi) is 2.91. The van der Waals surface area contributed by atoms with Crippen LogP contribution in [0.2, 0.25) is 0 Å². The fraction of sp³-hybridized carbons (Fsp3) is 0.200. The number of carboxylic acid groups (broad SMARTS) is 1. The van der Waals surface area contributed by atoms with E-state index in [2.05, 4.69) is 22.4 Å². The van der Waals surface area contributed by atoms with E-state index >= 15 is 0 Å². The van der Waals surface area contributed by atoms with Crippen molar-refractivity contribution >= 4 is 11.7 Å². The van der Waals surface area contributed by atoms with Crippen molar-refractivity contribution in [1.82, 2.24) is 4.98 Å². The number of nitrogens with zero attached hydrogens (tertiary/aromatic N) is 1. The maximum absolute atomic E-state index is 11.0. The van der Waals surface area contributed by atoms with Crippen LogP contribution in [-0.2, 0) is 6.42 Å². The lowest BCUT2D eigenvalue weighted by atomic mass is 9.77. The first-order chi connectivity index (χ1) is 9.25. The van der Waals surface area contributed by atoms with Crippen LogP contribution in [0.25, 0.3) is 0 Å². The maximum atomic E-state index is 11.0. The van der Waals surface area contributed by atoms with E-state index < -0.39 is 5.97 Å². The highest BCUT2D eigenvalue weighted by Gasteiger charge is 2.25. The Morgan fingerprint density at radius 1 is 1.32 bits per heavy atom. The molecule has 0 amide bonds. The van der Waals surface area contributed by atoms with Crippen LogP contribution < -0.4 is 5.32 Å². The first kappa shape index (κ1) is 11.7. The predicted molar refractivity (Wildman–Crippen MR) is 72.6 cm³/mol. The van der Waals surface area contributed by atoms with E-state index in [1.54, 1.807) is 12.1 Å². The molecule has 3 rings (SSSR count). The van der Waals surface area contributed by atoms with E-state index in [0.717, 1.165) is 13.0 Å². The molecule has 1 aliphatic rings. The van der Waals surface area contributed by atoms with Gasteiger partial charge < -0.3 is 10.4 Å². The van der Waals surface area contributed by atoms with Gasteiger partial charge in [0.15, 0.2) is 5.69 Å². The lowest BCUT2D eigenvalue weighted by molar-refractivity contribution is 0.0691. The van der Waals surface area contributed by atoms with Crippen LogP contribution in [0.5, 0.6) is 0 Å². The van der Waals surface area contributed by atoms with Crippen molar-refractivity contribution in [2.24, 2.45) is 0 Å². The summed E-state index contributed by atoms with van der Waals surface area (Å²) < 4.78 is 0. The van der Waals surface area contributed by atoms with E-state index in [0.29, 0.717) is 11.6 Å². The highest BCUT2D eigenvalue weighted by atomic mass is 16.4. The molecule has 4 heteroatoms. The van der Waals surface area contributed by atoms with Crippen LogP contribution in [0.3, 0.4) is 0 Å². The van der Waals surface area contributed by atoms with Crippen LogP contribution in [0.15, 0.2) is 42.6 Å². The average molecular weight is 254 g/mol. The zero-order chi connectivity index (χ0) is 13.2. The number of hydrogen-bond donors (Lipinski definition) is 2. The van der Waals surface area contributed by atoms with E-state index in [1.165, 1.54) is 17.3 Å². The maximum Gasteiger partial charge on any atom is 0.356 e. The minimum Gasteiger partial charge on any atom is -0.476 e. The molecule has 0 saturated carbocycles. The summed E-state index contributed by atoms with van der Waals surface area (Å²) in [5, 5.41) is 12.3. The van der Waals surface area contributed by atoms with Crippen LogP contribution >= 0.6 is 0 Å². The van der Waals surface area contributed by atoms with E-state index in [-0.39, 0.29) is 5.69 Å². The summed E-state index contributed by atoms with van der Waals surface area (Å²) in [4.78, 5) is 14.9. The molecule has 1 heterocycles. The molecule has 0 fully saturated rings. The lowest BCUT2D eigenvalue weighted by Gasteiger charge is -2.30. The Bertz CT molecular complexity index is 625. The number of aromatic nitrogens is 1. The normalized spacial score (nSPS) is 16.3. The molecule has 1 aromatic carbocycles. The van der Waals surface area contributed by atoms with Gasteiger partial charge >= 0.3 is 5.97 Å². The van der Waals surface area contributed by atoms with Gasteiger partial charge in [0, 0.05) is 18.7 Å². The summed E-state index contributed by atoms with van der Waals surface area (Å²) in [7, 11) is 0. The third-order valence-corrected chi connectivity index (χ3v) is 3.51. The van der Waals surface area contributed by atoms with E-state index in [1.807, 2.05) is 12.1 Å². The topological polar surface area (TPSA) is 62.2 Å². The summed E-state index contributed by atoms with van der Waals surface area (Å²) in [5.41, 5.74) is 3.41. The number of rotatable bonds is 4. The smallest absolute Gasteiger partial charge is 0.356 e. The molecular weight excluding hydrogens is 240 g/mol. The Labute approximate surface area is 111 Å². The number of nitrogens with one attached hydrogen (secondary N) is 1. The van der Waals surface area contributed by atoms with Crippen molar-refractivity contribution in [2.75, 3.05) is 11.9 Å². The minimum absolute atomic E-state index is 0.0788. The van der Waals surface area contributed by atoms with Crippen molar-refractivity contribution in [3.05, 3.63) is 59.4 Å². The molecule has 96 valence electrons. The van der Waals surface area contributed by atoms with Gasteiger partial charge in [-0.3, -0.25) is 0 Å². The fourth-order valence-electron chi connectivity index (χ4n) is 2.50. The van der Waals surface area contributed by atoms with Crippen molar-refractivity contribution in [2.45, 2.75) is 12.3 Å². The Hall–Kier alpha value is -2.36. The standard InChI is InChI=1S/C15H14N2O2/c18-15(19)14-13(6-3-7-16-14)17-9-11-8-10-4-1-2-5-12(10)11/h1-7,11,17H,8-9H2,(H,18,19). The highest BCUT2D eigenvalue weighted by Crippen LogP contribution is 2.34. The van der Waals surface area contributed by atoms with Crippen molar-refractivity contribution in [3.63, 3.8) is 0 Å². The fourth-order valence-corrected chi connectivity index (χ4v) is 2.50. The number of benzene rings is 1. The van der Waals surface area contributed by atoms with E-state index in [4.69, 9.17) is 5.11 Å². The predicted octanol–water partition coefficient (Wildman–Crippen LogP) is 2.53. The molecule has 19 heavy (non-hydrogen) atoms. The molecule has 1 aliphatic carbocycles. The molecule has 0 spiro atoms. The van der Waals surface area contributed by atoms with Crippen LogP contribution in [0, 0.1) is 0 Å². The summed E-state index contributed by atoms with van der Waals surface area (Å²) in [6.45, 7) is 0.739. The van der Waals surface area contributed by atoms with Crippen LogP contribution in [-0.4, -0.2) is 22.6 Å². The molecule has 1 aromatic heterocycles. The second kappa shape index (κ2) is 4.72. The third-order valence-electron chi connectivity index (χ3n) is 3.51. The second-order valence-corrected chi connectivity index (χ2v) is 4.69. The lowest BCUT2D eigenvalue weighted by Crippen LogP contribution is -2.24. The molecule has 0 radical (unpaired) electrons. The number of anilines is 1. The molecule has 2 N–H and O–H groups in total. The van der Waals surface area contributed by atoms with Gasteiger partial charge in [0.1, 0.15) is 0 Å². The van der Waals surface area contributed by atoms with Gasteiger partial charge in [0.2, 0.25) is 0 Å². The molecule has 0 bridgehead atoms. The average Bonchev–Trinajstić information content (AvgIpc) is 2.40. The number of carbonyl (C=O) groups is 1. The molecule has 2 aromatic rings. The number of fused-ring (bicyclic) bond motifs is 1. The minimum atomic E-state index is -1.00. The van der Waals surface area contributed by atoms with Gasteiger partial charge in [0.05, 0.1) is 5.69 Å². The number of pyridine rings is 1. The Morgan fingerprint density at radius 3 is 2.95 bits per heavy atom. The highest BCUT2D eigenvalue weighted by molar-refractivity contribution is 5.91. The summed E-state index contributed by atoms with van der Waals surface area (Å²) in [5.74, 6) is -0.546. The van der Waals surface area contributed by atoms with Crippen LogP contribution in [0.1, 0.15) is 27.5 Å². The molecule has 0 aliphatic heterocycles. The number of aromatic carboxylic acids is 1. The Morgan fingerprint density at radius 2 is 2.16 bits per heavy atom. The number of hydrogen-bond acceptors (Lipinski definition) is 3. The third kappa shape index (κ3) is 2.17. The quantitative estimate of drug-likeness (QED) is 0.880. The van der Waals surface area contributed by atoms with Crippen molar-refractivity contribution in [3.8, 4) is 0 Å². The zero-order valence-corrected chi connectivity index (χ0v) is 10.3. The summed E-state index contributed by atoms with van der Waals surface area (Å²) in [6, 6.07) is 11.8. The summed E-state index contributed by atoms with van der Waals surface area (Å²) >= 11 is 0. The largest absolute Gasteiger partial charge is 0.476 e. The van der Waals surface area contributed by atoms with Gasteiger partial charge in [-0.1, -0.05) is 24.3 Å². The molecule has 1 atom stereocenters. The van der Waals surface area contributed by atoms with Crippen LogP contribution in [0.4, 0.5) is 5.69 Å². The SMILES string of the molecule is O=C(O)c1ncccc1NCC1Cc2ccccc21. The van der Waals surface area contributed by atoms with Gasteiger partial charge in [-0.25, -0.2) is 9.78 Å². The second-order valence-electron chi connectivity index (χ2n) is 4.69. The zero-order valence-electron chi connectivity index (χ0n) is 10.3. The molecular formula is C15H14N2O2. The van der Waals surface area contributed by atoms with Crippen molar-refractivity contribution in [1.29, 1.82) is 0 Å². The molecule has 1 unspecified atom stereocenters. The first-order valence-corrected chi connectivity index (χ1v) is 6.25. The Balaban J connectivity index is 1.70. The molecule has 0 saturated heterocycles. The van der Waals surface area contributed by atoms with E-state index in [9.17, 15) is 4.79 Å². The summed E-state index contributed by atoms with van der Waals surface area (Å²) in [6.07, 6.45) is 2.54. The van der Waals surface area contributed by atoms with Gasteiger partial charge in [-0.15, -0.1) is 0 Å². The number of carboxylic acids is 1. The van der Waals surface area contributed by atoms with Gasteiger partial charge in [0.25, 0.3) is 0 Å². The monoisotopic (exact) mass is 254 g/mol.